The molecular weight excluding hydrogens is 256 g/mol. The van der Waals surface area contributed by atoms with Crippen LogP contribution in [0.5, 0.6) is 0 Å². The van der Waals surface area contributed by atoms with E-state index < -0.39 is 17.3 Å². The van der Waals surface area contributed by atoms with Gasteiger partial charge in [0.2, 0.25) is 5.91 Å². The summed E-state index contributed by atoms with van der Waals surface area (Å²) in [4.78, 5) is 23.6. The highest BCUT2D eigenvalue weighted by atomic mass is 16.4. The Morgan fingerprint density at radius 2 is 1.90 bits per heavy atom. The Labute approximate surface area is 121 Å². The molecule has 4 N–H and O–H groups in total. The van der Waals surface area contributed by atoms with Crippen LogP contribution in [0.15, 0.2) is 0 Å². The van der Waals surface area contributed by atoms with E-state index in [2.05, 4.69) is 12.2 Å². The summed E-state index contributed by atoms with van der Waals surface area (Å²) in [5.41, 5.74) is 5.34. The van der Waals surface area contributed by atoms with Crippen molar-refractivity contribution in [2.75, 3.05) is 13.1 Å². The van der Waals surface area contributed by atoms with Crippen LogP contribution in [0.3, 0.4) is 0 Å². The van der Waals surface area contributed by atoms with Crippen LogP contribution in [-0.2, 0) is 9.59 Å². The summed E-state index contributed by atoms with van der Waals surface area (Å²) in [6, 6.07) is 0. The third-order valence-electron chi connectivity index (χ3n) is 4.71. The number of rotatable bonds is 6. The molecule has 5 nitrogen and oxygen atoms in total. The zero-order valence-corrected chi connectivity index (χ0v) is 12.8. The topological polar surface area (TPSA) is 92.4 Å². The van der Waals surface area contributed by atoms with Gasteiger partial charge in [0.1, 0.15) is 0 Å². The lowest BCUT2D eigenvalue weighted by atomic mass is 9.70. The van der Waals surface area contributed by atoms with Crippen LogP contribution in [0.4, 0.5) is 0 Å². The number of carboxylic acid groups (broad SMARTS) is 1. The van der Waals surface area contributed by atoms with Crippen LogP contribution < -0.4 is 11.1 Å². The third kappa shape index (κ3) is 3.95. The summed E-state index contributed by atoms with van der Waals surface area (Å²) in [5, 5.41) is 12.0. The van der Waals surface area contributed by atoms with Crippen LogP contribution in [-0.4, -0.2) is 30.1 Å². The van der Waals surface area contributed by atoms with E-state index in [1.54, 1.807) is 0 Å². The molecule has 20 heavy (non-hydrogen) atoms. The van der Waals surface area contributed by atoms with Crippen LogP contribution in [0.1, 0.15) is 46.5 Å². The van der Waals surface area contributed by atoms with Crippen molar-refractivity contribution in [3.05, 3.63) is 0 Å². The van der Waals surface area contributed by atoms with Crippen molar-refractivity contribution in [3.8, 4) is 0 Å². The van der Waals surface area contributed by atoms with E-state index in [-0.39, 0.29) is 18.4 Å². The molecule has 5 heteroatoms. The second kappa shape index (κ2) is 7.07. The van der Waals surface area contributed by atoms with Crippen molar-refractivity contribution >= 4 is 11.9 Å². The molecule has 0 heterocycles. The van der Waals surface area contributed by atoms with Crippen molar-refractivity contribution in [1.29, 1.82) is 0 Å². The van der Waals surface area contributed by atoms with Crippen molar-refractivity contribution < 1.29 is 14.7 Å². The maximum Gasteiger partial charge on any atom is 0.308 e. The van der Waals surface area contributed by atoms with Crippen LogP contribution in [0.2, 0.25) is 0 Å². The number of hydrogen-bond acceptors (Lipinski definition) is 3. The predicted octanol–water partition coefficient (Wildman–Crippen LogP) is 1.61. The fraction of sp³-hybridized carbons (Fsp3) is 0.867. The van der Waals surface area contributed by atoms with Crippen LogP contribution in [0.25, 0.3) is 0 Å². The molecule has 1 aliphatic carbocycles. The molecule has 0 spiro atoms. The zero-order valence-electron chi connectivity index (χ0n) is 12.8. The SMILES string of the molecule is CC1CCC(CN)(C(=O)NCC(C(=O)O)C(C)C)CC1. The van der Waals surface area contributed by atoms with Gasteiger partial charge in [-0.25, -0.2) is 0 Å². The third-order valence-corrected chi connectivity index (χ3v) is 4.71. The normalized spacial score (nSPS) is 28.1. The quantitative estimate of drug-likeness (QED) is 0.691. The molecule has 0 aromatic carbocycles. The van der Waals surface area contributed by atoms with Gasteiger partial charge in [0.15, 0.2) is 0 Å². The van der Waals surface area contributed by atoms with Crippen molar-refractivity contribution in [3.63, 3.8) is 0 Å². The fourth-order valence-corrected chi connectivity index (χ4v) is 2.84. The monoisotopic (exact) mass is 284 g/mol. The Hall–Kier alpha value is -1.10. The van der Waals surface area contributed by atoms with E-state index in [1.807, 2.05) is 13.8 Å². The lowest BCUT2D eigenvalue weighted by Gasteiger charge is -2.37. The van der Waals surface area contributed by atoms with Gasteiger partial charge >= 0.3 is 5.97 Å². The van der Waals surface area contributed by atoms with Gasteiger partial charge in [0.25, 0.3) is 0 Å². The highest BCUT2D eigenvalue weighted by Gasteiger charge is 2.40. The van der Waals surface area contributed by atoms with E-state index in [0.29, 0.717) is 12.5 Å². The molecule has 0 bridgehead atoms. The van der Waals surface area contributed by atoms with Gasteiger partial charge in [-0.1, -0.05) is 20.8 Å². The second-order valence-electron chi connectivity index (χ2n) is 6.57. The highest BCUT2D eigenvalue weighted by Crippen LogP contribution is 2.38. The molecule has 0 aromatic heterocycles. The Bertz CT molecular complexity index is 347. The van der Waals surface area contributed by atoms with Crippen molar-refractivity contribution in [1.82, 2.24) is 5.32 Å². The smallest absolute Gasteiger partial charge is 0.308 e. The van der Waals surface area contributed by atoms with E-state index >= 15 is 0 Å². The Balaban J connectivity index is 2.62. The molecular formula is C15H28N2O3. The number of carboxylic acids is 1. The highest BCUT2D eigenvalue weighted by molar-refractivity contribution is 5.83. The maximum absolute atomic E-state index is 12.4. The van der Waals surface area contributed by atoms with E-state index in [4.69, 9.17) is 10.8 Å². The summed E-state index contributed by atoms with van der Waals surface area (Å²) < 4.78 is 0. The second-order valence-corrected chi connectivity index (χ2v) is 6.57. The fourth-order valence-electron chi connectivity index (χ4n) is 2.84. The van der Waals surface area contributed by atoms with Gasteiger partial charge in [0.05, 0.1) is 11.3 Å². The number of aliphatic carboxylic acids is 1. The molecule has 1 aliphatic rings. The van der Waals surface area contributed by atoms with E-state index in [9.17, 15) is 9.59 Å². The molecule has 1 atom stereocenters. The average Bonchev–Trinajstić information content (AvgIpc) is 2.39. The zero-order chi connectivity index (χ0) is 15.3. The molecule has 0 aromatic rings. The average molecular weight is 284 g/mol. The van der Waals surface area contributed by atoms with Gasteiger partial charge in [-0.05, 0) is 37.5 Å². The summed E-state index contributed by atoms with van der Waals surface area (Å²) in [6.07, 6.45) is 3.63. The maximum atomic E-state index is 12.4. The molecule has 0 radical (unpaired) electrons. The number of nitrogens with two attached hydrogens (primary N) is 1. The Morgan fingerprint density at radius 3 is 2.30 bits per heavy atom. The van der Waals surface area contributed by atoms with Crippen molar-refractivity contribution in [2.24, 2.45) is 28.9 Å². The number of carbonyl (C=O) groups is 2. The van der Waals surface area contributed by atoms with Gasteiger partial charge in [-0.3, -0.25) is 9.59 Å². The molecule has 0 saturated heterocycles. The molecule has 1 saturated carbocycles. The predicted molar refractivity (Wildman–Crippen MR) is 78.1 cm³/mol. The van der Waals surface area contributed by atoms with E-state index in [1.165, 1.54) is 0 Å². The molecule has 1 amide bonds. The molecule has 1 rings (SSSR count). The van der Waals surface area contributed by atoms with Gasteiger partial charge in [-0.2, -0.15) is 0 Å². The standard InChI is InChI=1S/C15H28N2O3/c1-10(2)12(13(18)19)8-17-14(20)15(9-16)6-4-11(3)5-7-15/h10-12H,4-9,16H2,1-3H3,(H,17,20)(H,18,19). The number of hydrogen-bond donors (Lipinski definition) is 3. The summed E-state index contributed by atoms with van der Waals surface area (Å²) in [5.74, 6) is -0.840. The van der Waals surface area contributed by atoms with Gasteiger partial charge in [0, 0.05) is 13.1 Å². The summed E-state index contributed by atoms with van der Waals surface area (Å²) in [7, 11) is 0. The summed E-state index contributed by atoms with van der Waals surface area (Å²) >= 11 is 0. The minimum absolute atomic E-state index is 0.00648. The number of amides is 1. The molecule has 1 unspecified atom stereocenters. The van der Waals surface area contributed by atoms with Crippen LogP contribution >= 0.6 is 0 Å². The lowest BCUT2D eigenvalue weighted by Crippen LogP contribution is -2.49. The first-order chi connectivity index (χ1) is 9.32. The summed E-state index contributed by atoms with van der Waals surface area (Å²) in [6.45, 7) is 6.42. The number of nitrogens with one attached hydrogen (secondary N) is 1. The lowest BCUT2D eigenvalue weighted by molar-refractivity contribution is -0.143. The van der Waals surface area contributed by atoms with Crippen molar-refractivity contribution in [2.45, 2.75) is 46.5 Å². The van der Waals surface area contributed by atoms with Gasteiger partial charge in [-0.15, -0.1) is 0 Å². The first-order valence-corrected chi connectivity index (χ1v) is 7.53. The van der Waals surface area contributed by atoms with Gasteiger partial charge < -0.3 is 16.2 Å². The number of carbonyl (C=O) groups excluding carboxylic acids is 1. The molecule has 0 aliphatic heterocycles. The minimum atomic E-state index is -0.862. The first kappa shape index (κ1) is 17.0. The molecule has 116 valence electrons. The first-order valence-electron chi connectivity index (χ1n) is 7.53. The molecule has 1 fully saturated rings. The van der Waals surface area contributed by atoms with E-state index in [0.717, 1.165) is 25.7 Å². The largest absolute Gasteiger partial charge is 0.481 e. The van der Waals surface area contributed by atoms with Crippen LogP contribution in [0, 0.1) is 23.2 Å². The minimum Gasteiger partial charge on any atom is -0.481 e. The Kier molecular flexibility index (Phi) is 5.99. The Morgan fingerprint density at radius 1 is 1.35 bits per heavy atom.